The van der Waals surface area contributed by atoms with Crippen LogP contribution < -0.4 is 4.72 Å². The molecule has 4 bridgehead atoms. The average molecular weight is 696 g/mol. The molecule has 0 aromatic rings. The van der Waals surface area contributed by atoms with Gasteiger partial charge in [0.15, 0.2) is 23.8 Å². The molecule has 10 fully saturated rings. The molecule has 0 amide bonds. The Kier molecular flexibility index (Phi) is 8.19. The molecule has 13 heteroatoms. The lowest BCUT2D eigenvalue weighted by molar-refractivity contribution is -0.576. The van der Waals surface area contributed by atoms with Gasteiger partial charge in [-0.05, 0) is 108 Å². The maximum Gasteiger partial charge on any atom is 0.211 e. The van der Waals surface area contributed by atoms with E-state index < -0.39 is 56.5 Å². The summed E-state index contributed by atoms with van der Waals surface area (Å²) in [5, 5.41) is 0. The molecule has 1 N–H and O–H groups in total. The van der Waals surface area contributed by atoms with E-state index in [-0.39, 0.29) is 41.9 Å². The van der Waals surface area contributed by atoms with Crippen LogP contribution >= 0.6 is 0 Å². The molecule has 0 unspecified atom stereocenters. The normalized spacial score (nSPS) is 57.3. The van der Waals surface area contributed by atoms with Gasteiger partial charge in [-0.25, -0.2) is 32.7 Å². The lowest BCUT2D eigenvalue weighted by atomic mass is 9.52. The van der Waals surface area contributed by atoms with E-state index in [1.807, 2.05) is 13.8 Å². The number of nitrogens with one attached hydrogen (secondary N) is 1. The zero-order valence-electron chi connectivity index (χ0n) is 30.2. The summed E-state index contributed by atoms with van der Waals surface area (Å²) >= 11 is 0. The topological polar surface area (TPSA) is 120 Å². The van der Waals surface area contributed by atoms with Crippen LogP contribution in [0.1, 0.15) is 113 Å². The fourth-order valence-electron chi connectivity index (χ4n) is 11.8. The third-order valence-corrected chi connectivity index (χ3v) is 16.6. The van der Waals surface area contributed by atoms with Gasteiger partial charge in [0.25, 0.3) is 0 Å². The number of ether oxygens (including phenoxy) is 4. The Hall–Kier alpha value is -0.345. The highest BCUT2D eigenvalue weighted by molar-refractivity contribution is 7.89. The predicted octanol–water partition coefficient (Wildman–Crippen LogP) is 4.54. The quantitative estimate of drug-likeness (QED) is 0.301. The summed E-state index contributed by atoms with van der Waals surface area (Å²) < 4.78 is 56.9. The van der Waals surface area contributed by atoms with E-state index in [1.54, 1.807) is 0 Å². The Labute approximate surface area is 287 Å². The Morgan fingerprint density at radius 1 is 0.646 bits per heavy atom. The summed E-state index contributed by atoms with van der Waals surface area (Å²) in [5.41, 5.74) is -2.60. The van der Waals surface area contributed by atoms with Crippen LogP contribution in [0.3, 0.4) is 0 Å². The number of rotatable bonds is 7. The fraction of sp³-hybridized carbons (Fsp3) is 1.00. The molecule has 48 heavy (non-hydrogen) atoms. The maximum atomic E-state index is 13.6. The lowest BCUT2D eigenvalue weighted by Crippen LogP contribution is -2.73. The number of hydrogen-bond acceptors (Lipinski definition) is 10. The first-order chi connectivity index (χ1) is 22.5. The SMILES string of the molecule is B[C@]1(CCNS(=O)(=O)CC[C@@]2(C)O[C@@H]3O[C@]4(C)CC[C@H]5[C@H](C)CC[C@@H]([C@H]2C)[C@@]35OO4)O[C@@H]2O[C@]3(C)CC[C@H]4[C@H](C)CC[C@@H]([C@H]1C)[C@@]24OO3. The molecule has 11 nitrogen and oxygen atoms in total. The van der Waals surface area contributed by atoms with Crippen molar-refractivity contribution in [3.63, 3.8) is 0 Å². The van der Waals surface area contributed by atoms with E-state index in [2.05, 4.69) is 47.2 Å². The molecule has 0 aromatic heterocycles. The molecule has 10 rings (SSSR count). The second-order valence-electron chi connectivity index (χ2n) is 18.0. The third kappa shape index (κ3) is 5.02. The fourth-order valence-corrected chi connectivity index (χ4v) is 13.0. The van der Waals surface area contributed by atoms with Crippen molar-refractivity contribution in [2.24, 2.45) is 47.3 Å². The Morgan fingerprint density at radius 3 is 1.73 bits per heavy atom. The predicted molar refractivity (Wildman–Crippen MR) is 177 cm³/mol. The van der Waals surface area contributed by atoms with Gasteiger partial charge >= 0.3 is 0 Å². The smallest absolute Gasteiger partial charge is 0.211 e. The van der Waals surface area contributed by atoms with E-state index in [0.29, 0.717) is 30.6 Å². The minimum absolute atomic E-state index is 0.0393. The summed E-state index contributed by atoms with van der Waals surface area (Å²) in [6, 6.07) is 0. The van der Waals surface area contributed by atoms with Gasteiger partial charge in [-0.15, -0.1) is 0 Å². The van der Waals surface area contributed by atoms with E-state index in [4.69, 9.17) is 38.5 Å². The molecule has 2 saturated carbocycles. The van der Waals surface area contributed by atoms with Crippen LogP contribution in [-0.4, -0.2) is 75.0 Å². The minimum atomic E-state index is -3.61. The van der Waals surface area contributed by atoms with E-state index in [0.717, 1.165) is 51.4 Å². The minimum Gasteiger partial charge on any atom is -0.352 e. The molecule has 16 atom stereocenters. The first kappa shape index (κ1) is 34.7. The number of hydrogen-bond donors (Lipinski definition) is 1. The van der Waals surface area contributed by atoms with Gasteiger partial charge in [0.2, 0.25) is 21.6 Å². The lowest BCUT2D eigenvalue weighted by Gasteiger charge is -2.63. The van der Waals surface area contributed by atoms with Crippen LogP contribution in [0.2, 0.25) is 0 Å². The van der Waals surface area contributed by atoms with Crippen molar-refractivity contribution in [1.29, 1.82) is 0 Å². The first-order valence-corrected chi connectivity index (χ1v) is 20.6. The standard InChI is InChI=1S/C35H58BNO10S/c1-20-8-10-26-22(3)30(5,40-28-34(26)24(20)12-14-31(6,41-28)44-46-34)17-19-48(38,39)37-18-16-33(36)23(4)27-11-9-21(2)25-13-15-32(7)42-29(43-33)35(25,27)47-45-32/h20-29,37H,8-19,36H2,1-7H3/t20-,21-,22-,23-,24+,25+,26+,27+,28-,29+,30-,31+,32+,33-,34-,35-/m1/s1. The van der Waals surface area contributed by atoms with Gasteiger partial charge in [-0.3, -0.25) is 0 Å². The zero-order valence-corrected chi connectivity index (χ0v) is 31.1. The van der Waals surface area contributed by atoms with Crippen molar-refractivity contribution in [3.8, 4) is 0 Å². The second kappa shape index (κ2) is 11.3. The molecular formula is C35H58BNO10S. The molecule has 10 aliphatic rings. The van der Waals surface area contributed by atoms with Crippen LogP contribution in [0, 0.1) is 47.3 Å². The molecule has 8 heterocycles. The van der Waals surface area contributed by atoms with Gasteiger partial charge in [0.1, 0.15) is 7.85 Å². The summed E-state index contributed by atoms with van der Waals surface area (Å²) in [5.74, 6) is 0.291. The van der Waals surface area contributed by atoms with Crippen molar-refractivity contribution in [1.82, 2.24) is 4.72 Å². The Balaban J connectivity index is 0.939. The van der Waals surface area contributed by atoms with Crippen molar-refractivity contribution in [3.05, 3.63) is 0 Å². The zero-order chi connectivity index (χ0) is 34.1. The van der Waals surface area contributed by atoms with Gasteiger partial charge in [0, 0.05) is 36.7 Å². The summed E-state index contributed by atoms with van der Waals surface area (Å²) in [6.45, 7) is 15.2. The van der Waals surface area contributed by atoms with Crippen molar-refractivity contribution >= 4 is 17.9 Å². The molecule has 272 valence electrons. The highest BCUT2D eigenvalue weighted by Gasteiger charge is 2.72. The number of sulfonamides is 1. The van der Waals surface area contributed by atoms with Gasteiger partial charge in [-0.1, -0.05) is 27.7 Å². The second-order valence-corrected chi connectivity index (χ2v) is 19.9. The van der Waals surface area contributed by atoms with E-state index >= 15 is 0 Å². The highest BCUT2D eigenvalue weighted by Crippen LogP contribution is 2.64. The molecule has 0 radical (unpaired) electrons. The largest absolute Gasteiger partial charge is 0.352 e. The van der Waals surface area contributed by atoms with E-state index in [9.17, 15) is 8.42 Å². The van der Waals surface area contributed by atoms with Crippen LogP contribution in [0.4, 0.5) is 0 Å². The van der Waals surface area contributed by atoms with Crippen LogP contribution in [0.25, 0.3) is 0 Å². The Bertz CT molecular complexity index is 1390. The molecular weight excluding hydrogens is 637 g/mol. The summed E-state index contributed by atoms with van der Waals surface area (Å²) in [6.07, 6.45) is 7.39. The van der Waals surface area contributed by atoms with Gasteiger partial charge in [0.05, 0.1) is 11.4 Å². The average Bonchev–Trinajstić information content (AvgIpc) is 3.39. The highest BCUT2D eigenvalue weighted by atomic mass is 32.2. The molecule has 8 aliphatic heterocycles. The van der Waals surface area contributed by atoms with Crippen molar-refractivity contribution in [2.45, 2.75) is 159 Å². The van der Waals surface area contributed by atoms with E-state index in [1.165, 1.54) is 0 Å². The Morgan fingerprint density at radius 2 is 1.17 bits per heavy atom. The van der Waals surface area contributed by atoms with Crippen molar-refractivity contribution in [2.75, 3.05) is 12.3 Å². The number of fused-ring (bicyclic) bond motifs is 4. The molecule has 2 spiro atoms. The van der Waals surface area contributed by atoms with Gasteiger partial charge in [-0.2, -0.15) is 0 Å². The molecule has 2 aliphatic carbocycles. The first-order valence-electron chi connectivity index (χ1n) is 18.9. The van der Waals surface area contributed by atoms with Crippen LogP contribution in [0.15, 0.2) is 0 Å². The monoisotopic (exact) mass is 695 g/mol. The van der Waals surface area contributed by atoms with Crippen LogP contribution in [0.5, 0.6) is 0 Å². The van der Waals surface area contributed by atoms with Crippen molar-refractivity contribution < 1.29 is 46.9 Å². The van der Waals surface area contributed by atoms with Gasteiger partial charge < -0.3 is 18.9 Å². The molecule has 8 saturated heterocycles. The maximum absolute atomic E-state index is 13.6. The van der Waals surface area contributed by atoms with Crippen LogP contribution in [-0.2, 0) is 48.5 Å². The molecule has 0 aromatic carbocycles. The summed E-state index contributed by atoms with van der Waals surface area (Å²) in [7, 11) is -1.50. The summed E-state index contributed by atoms with van der Waals surface area (Å²) in [4.78, 5) is 24.5. The third-order valence-electron chi connectivity index (χ3n) is 15.2.